The van der Waals surface area contributed by atoms with Gasteiger partial charge in [0.25, 0.3) is 5.56 Å². The van der Waals surface area contributed by atoms with E-state index in [9.17, 15) is 24.6 Å². The number of aryl methyl sites for hydroxylation is 1. The van der Waals surface area contributed by atoms with Crippen LogP contribution in [0.15, 0.2) is 46.1 Å². The summed E-state index contributed by atoms with van der Waals surface area (Å²) in [5, 5.41) is 20.3. The summed E-state index contributed by atoms with van der Waals surface area (Å²) in [4.78, 5) is 37.5. The van der Waals surface area contributed by atoms with Gasteiger partial charge in [-0.2, -0.15) is 0 Å². The second-order valence-corrected chi connectivity index (χ2v) is 6.02. The number of aliphatic hydroxyl groups is 2. The predicted octanol–water partition coefficient (Wildman–Crippen LogP) is -0.540. The first-order chi connectivity index (χ1) is 12.4. The second kappa shape index (κ2) is 7.24. The Labute approximate surface area is 147 Å². The van der Waals surface area contributed by atoms with Crippen molar-refractivity contribution in [1.82, 2.24) is 9.55 Å². The number of aromatic amines is 1. The molecule has 9 nitrogen and oxygen atoms in total. The summed E-state index contributed by atoms with van der Waals surface area (Å²) in [6.45, 7) is 1.49. The van der Waals surface area contributed by atoms with E-state index in [1.54, 1.807) is 30.3 Å². The van der Waals surface area contributed by atoms with Gasteiger partial charge in [-0.15, -0.1) is 0 Å². The van der Waals surface area contributed by atoms with Crippen molar-refractivity contribution in [2.75, 3.05) is 0 Å². The largest absolute Gasteiger partial charge is 0.426 e. The third-order valence-electron chi connectivity index (χ3n) is 4.10. The van der Waals surface area contributed by atoms with Crippen molar-refractivity contribution in [3.8, 4) is 5.75 Å². The number of ether oxygens (including phenoxy) is 2. The highest BCUT2D eigenvalue weighted by Crippen LogP contribution is 2.30. The van der Waals surface area contributed by atoms with Crippen molar-refractivity contribution in [2.45, 2.75) is 37.9 Å². The Morgan fingerprint density at radius 2 is 1.92 bits per heavy atom. The number of nitrogens with one attached hydrogen (secondary N) is 1. The molecule has 0 aliphatic carbocycles. The number of carbonyl (C=O) groups excluding carboxylic acids is 1. The van der Waals surface area contributed by atoms with Crippen molar-refractivity contribution in [2.24, 2.45) is 0 Å². The number of rotatable bonds is 4. The highest BCUT2D eigenvalue weighted by molar-refractivity contribution is 5.73. The van der Waals surface area contributed by atoms with Gasteiger partial charge in [0.05, 0.1) is 12.5 Å². The molecule has 4 atom stereocenters. The summed E-state index contributed by atoms with van der Waals surface area (Å²) >= 11 is 0. The maximum Gasteiger partial charge on any atom is 0.330 e. The molecule has 1 aromatic heterocycles. The third-order valence-corrected chi connectivity index (χ3v) is 4.10. The molecule has 0 bridgehead atoms. The SMILES string of the molecule is Cc1cn([C@H]2O[C@@H](CC(=O)Oc3ccccc3)[C@@H](O)[C@H]2O)c(=O)[nH]c1=O. The van der Waals surface area contributed by atoms with Crippen LogP contribution in [0.1, 0.15) is 18.2 Å². The molecule has 1 aliphatic rings. The quantitative estimate of drug-likeness (QED) is 0.492. The average molecular weight is 362 g/mol. The molecular weight excluding hydrogens is 344 g/mol. The number of hydrogen-bond acceptors (Lipinski definition) is 7. The number of esters is 1. The molecule has 1 aliphatic heterocycles. The zero-order valence-electron chi connectivity index (χ0n) is 13.9. The van der Waals surface area contributed by atoms with Crippen LogP contribution in [-0.4, -0.2) is 44.0 Å². The molecule has 0 radical (unpaired) electrons. The molecule has 0 saturated carbocycles. The average Bonchev–Trinajstić information content (AvgIpc) is 2.87. The van der Waals surface area contributed by atoms with E-state index in [4.69, 9.17) is 9.47 Å². The van der Waals surface area contributed by atoms with Gasteiger partial charge in [0, 0.05) is 11.8 Å². The first-order valence-corrected chi connectivity index (χ1v) is 7.96. The van der Waals surface area contributed by atoms with Crippen molar-refractivity contribution in [3.05, 3.63) is 62.9 Å². The van der Waals surface area contributed by atoms with Gasteiger partial charge in [-0.3, -0.25) is 19.1 Å². The molecule has 3 N–H and O–H groups in total. The van der Waals surface area contributed by atoms with E-state index in [0.29, 0.717) is 5.75 Å². The molecule has 1 saturated heterocycles. The maximum absolute atomic E-state index is 12.0. The van der Waals surface area contributed by atoms with Gasteiger partial charge >= 0.3 is 11.7 Å². The number of nitrogens with zero attached hydrogens (tertiary/aromatic N) is 1. The highest BCUT2D eigenvalue weighted by Gasteiger charge is 2.45. The molecule has 1 aromatic carbocycles. The van der Waals surface area contributed by atoms with E-state index < -0.39 is 41.8 Å². The third kappa shape index (κ3) is 3.59. The van der Waals surface area contributed by atoms with Crippen LogP contribution in [0.5, 0.6) is 5.75 Å². The van der Waals surface area contributed by atoms with E-state index in [1.165, 1.54) is 13.1 Å². The summed E-state index contributed by atoms with van der Waals surface area (Å²) in [5.41, 5.74) is -1.10. The Bertz CT molecular complexity index is 905. The van der Waals surface area contributed by atoms with Crippen molar-refractivity contribution in [3.63, 3.8) is 0 Å². The van der Waals surface area contributed by atoms with E-state index in [2.05, 4.69) is 4.98 Å². The molecule has 2 heterocycles. The summed E-state index contributed by atoms with van der Waals surface area (Å²) in [5.74, 6) is -0.312. The van der Waals surface area contributed by atoms with Crippen LogP contribution in [0.4, 0.5) is 0 Å². The first-order valence-electron chi connectivity index (χ1n) is 7.96. The lowest BCUT2D eigenvalue weighted by atomic mass is 10.1. The van der Waals surface area contributed by atoms with Crippen LogP contribution in [0.2, 0.25) is 0 Å². The number of H-pyrrole nitrogens is 1. The summed E-state index contributed by atoms with van der Waals surface area (Å²) in [7, 11) is 0. The minimum atomic E-state index is -1.45. The van der Waals surface area contributed by atoms with Gasteiger partial charge in [0.15, 0.2) is 6.23 Å². The number of carbonyl (C=O) groups is 1. The topological polar surface area (TPSA) is 131 Å². The van der Waals surface area contributed by atoms with Gasteiger partial charge < -0.3 is 19.7 Å². The lowest BCUT2D eigenvalue weighted by molar-refractivity contribution is -0.139. The van der Waals surface area contributed by atoms with Crippen molar-refractivity contribution in [1.29, 1.82) is 0 Å². The molecule has 0 spiro atoms. The Morgan fingerprint density at radius 3 is 2.62 bits per heavy atom. The minimum absolute atomic E-state index is 0.238. The first kappa shape index (κ1) is 18.1. The summed E-state index contributed by atoms with van der Waals surface area (Å²) in [6, 6.07) is 8.38. The van der Waals surface area contributed by atoms with E-state index in [-0.39, 0.29) is 12.0 Å². The Balaban J connectivity index is 1.74. The number of aromatic nitrogens is 2. The van der Waals surface area contributed by atoms with Gasteiger partial charge in [0.1, 0.15) is 18.0 Å². The van der Waals surface area contributed by atoms with Crippen LogP contribution in [0.3, 0.4) is 0 Å². The predicted molar refractivity (Wildman–Crippen MR) is 88.7 cm³/mol. The Kier molecular flexibility index (Phi) is 5.03. The maximum atomic E-state index is 12.0. The highest BCUT2D eigenvalue weighted by atomic mass is 16.6. The fraction of sp³-hybridized carbons (Fsp3) is 0.353. The molecule has 26 heavy (non-hydrogen) atoms. The fourth-order valence-corrected chi connectivity index (χ4v) is 2.73. The normalized spacial score (nSPS) is 25.2. The van der Waals surface area contributed by atoms with Crippen LogP contribution >= 0.6 is 0 Å². The lowest BCUT2D eigenvalue weighted by Crippen LogP contribution is -2.38. The van der Waals surface area contributed by atoms with Gasteiger partial charge in [-0.1, -0.05) is 18.2 Å². The molecule has 0 amide bonds. The number of benzene rings is 1. The number of para-hydroxylation sites is 1. The monoisotopic (exact) mass is 362 g/mol. The van der Waals surface area contributed by atoms with E-state index in [0.717, 1.165) is 4.57 Å². The fourth-order valence-electron chi connectivity index (χ4n) is 2.73. The Hall–Kier alpha value is -2.75. The van der Waals surface area contributed by atoms with Crippen LogP contribution in [0.25, 0.3) is 0 Å². The molecule has 3 rings (SSSR count). The summed E-state index contributed by atoms with van der Waals surface area (Å²) in [6.07, 6.45) is -4.24. The van der Waals surface area contributed by atoms with E-state index >= 15 is 0 Å². The van der Waals surface area contributed by atoms with Gasteiger partial charge in [-0.25, -0.2) is 4.79 Å². The molecule has 9 heteroatoms. The molecule has 1 fully saturated rings. The van der Waals surface area contributed by atoms with Crippen LogP contribution < -0.4 is 16.0 Å². The molecule has 2 aromatic rings. The molecular formula is C17H18N2O7. The minimum Gasteiger partial charge on any atom is -0.426 e. The molecule has 0 unspecified atom stereocenters. The van der Waals surface area contributed by atoms with Gasteiger partial charge in [0.2, 0.25) is 0 Å². The number of hydrogen-bond donors (Lipinski definition) is 3. The van der Waals surface area contributed by atoms with E-state index in [1.807, 2.05) is 0 Å². The second-order valence-electron chi connectivity index (χ2n) is 6.02. The number of aliphatic hydroxyl groups excluding tert-OH is 2. The standard InChI is InChI=1S/C17H18N2O7/c1-9-8-19(17(24)18-15(9)23)16-14(22)13(21)11(26-16)7-12(20)25-10-5-3-2-4-6-10/h2-6,8,11,13-14,16,21-22H,7H2,1H3,(H,18,23,24)/t11-,13+,14+,16-/m0/s1. The Morgan fingerprint density at radius 1 is 1.23 bits per heavy atom. The van der Waals surface area contributed by atoms with Crippen LogP contribution in [-0.2, 0) is 9.53 Å². The van der Waals surface area contributed by atoms with Gasteiger partial charge in [-0.05, 0) is 19.1 Å². The lowest BCUT2D eigenvalue weighted by Gasteiger charge is -2.17. The zero-order chi connectivity index (χ0) is 18.8. The summed E-state index contributed by atoms with van der Waals surface area (Å²) < 4.78 is 11.6. The smallest absolute Gasteiger partial charge is 0.330 e. The van der Waals surface area contributed by atoms with Crippen molar-refractivity contribution < 1.29 is 24.5 Å². The zero-order valence-corrected chi connectivity index (χ0v) is 13.9. The van der Waals surface area contributed by atoms with Crippen LogP contribution in [0, 0.1) is 6.92 Å². The molecule has 138 valence electrons. The van der Waals surface area contributed by atoms with Crippen molar-refractivity contribution >= 4 is 5.97 Å².